The van der Waals surface area contributed by atoms with Crippen molar-refractivity contribution in [3.63, 3.8) is 0 Å². The quantitative estimate of drug-likeness (QED) is 0.929. The Balaban J connectivity index is 1.96. The van der Waals surface area contributed by atoms with Gasteiger partial charge in [-0.1, -0.05) is 13.8 Å². The van der Waals surface area contributed by atoms with Gasteiger partial charge >= 0.3 is 0 Å². The summed E-state index contributed by atoms with van der Waals surface area (Å²) in [5.41, 5.74) is 0.347. The standard InChI is InChI=1S/C16H20F2N2O/c1-9(2)14-16(21)20(11-4-3-5-11)15(19-14)12-7-6-10(17)8-13(12)18/h6-9,11,14-15,19H,3-5H2,1-2H3. The fraction of sp³-hybridized carbons (Fsp3) is 0.562. The van der Waals surface area contributed by atoms with Crippen molar-refractivity contribution in [1.82, 2.24) is 10.2 Å². The van der Waals surface area contributed by atoms with Crippen LogP contribution in [-0.4, -0.2) is 22.9 Å². The van der Waals surface area contributed by atoms with E-state index in [1.165, 1.54) is 12.1 Å². The van der Waals surface area contributed by atoms with E-state index < -0.39 is 17.8 Å². The summed E-state index contributed by atoms with van der Waals surface area (Å²) in [6, 6.07) is 3.42. The normalized spacial score (nSPS) is 26.5. The summed E-state index contributed by atoms with van der Waals surface area (Å²) in [5.74, 6) is -1.04. The highest BCUT2D eigenvalue weighted by molar-refractivity contribution is 5.85. The molecule has 1 aliphatic heterocycles. The molecule has 2 unspecified atom stereocenters. The van der Waals surface area contributed by atoms with Crippen molar-refractivity contribution < 1.29 is 13.6 Å². The van der Waals surface area contributed by atoms with Crippen molar-refractivity contribution in [2.45, 2.75) is 51.4 Å². The number of carbonyl (C=O) groups excluding carboxylic acids is 1. The van der Waals surface area contributed by atoms with Crippen LogP contribution >= 0.6 is 0 Å². The Hall–Kier alpha value is -1.49. The Morgan fingerprint density at radius 2 is 2.00 bits per heavy atom. The lowest BCUT2D eigenvalue weighted by atomic mass is 9.90. The fourth-order valence-electron chi connectivity index (χ4n) is 3.11. The highest BCUT2D eigenvalue weighted by Gasteiger charge is 2.46. The maximum atomic E-state index is 14.1. The van der Waals surface area contributed by atoms with Crippen LogP contribution in [0.3, 0.4) is 0 Å². The maximum absolute atomic E-state index is 14.1. The molecule has 2 aliphatic rings. The molecule has 5 heteroatoms. The number of carbonyl (C=O) groups is 1. The number of nitrogens with one attached hydrogen (secondary N) is 1. The zero-order chi connectivity index (χ0) is 15.1. The van der Waals surface area contributed by atoms with Crippen LogP contribution in [0.1, 0.15) is 44.8 Å². The SMILES string of the molecule is CC(C)C1NC(c2ccc(F)cc2F)N(C2CCC2)C1=O. The van der Waals surface area contributed by atoms with Gasteiger partial charge in [-0.3, -0.25) is 10.1 Å². The van der Waals surface area contributed by atoms with Gasteiger partial charge in [0.15, 0.2) is 0 Å². The second kappa shape index (κ2) is 5.37. The molecule has 1 aromatic rings. The predicted octanol–water partition coefficient (Wildman–Crippen LogP) is 2.97. The topological polar surface area (TPSA) is 32.3 Å². The highest BCUT2D eigenvalue weighted by atomic mass is 19.1. The van der Waals surface area contributed by atoms with Gasteiger partial charge in [-0.2, -0.15) is 0 Å². The minimum Gasteiger partial charge on any atom is -0.318 e. The Bertz CT molecular complexity index is 557. The molecule has 0 spiro atoms. The third-order valence-electron chi connectivity index (χ3n) is 4.53. The van der Waals surface area contributed by atoms with Gasteiger partial charge in [-0.25, -0.2) is 8.78 Å². The van der Waals surface area contributed by atoms with Gasteiger partial charge in [0.25, 0.3) is 0 Å². The summed E-state index contributed by atoms with van der Waals surface area (Å²) in [4.78, 5) is 14.4. The van der Waals surface area contributed by atoms with Crippen LogP contribution in [0.4, 0.5) is 8.78 Å². The lowest BCUT2D eigenvalue weighted by molar-refractivity contribution is -0.134. The van der Waals surface area contributed by atoms with E-state index in [1.807, 2.05) is 13.8 Å². The number of amides is 1. The van der Waals surface area contributed by atoms with Crippen LogP contribution in [0.2, 0.25) is 0 Å². The Kier molecular flexibility index (Phi) is 3.69. The van der Waals surface area contributed by atoms with E-state index in [1.54, 1.807) is 4.90 Å². The number of nitrogens with zero attached hydrogens (tertiary/aromatic N) is 1. The Labute approximate surface area is 123 Å². The van der Waals surface area contributed by atoms with Gasteiger partial charge in [0.2, 0.25) is 5.91 Å². The van der Waals surface area contributed by atoms with Gasteiger partial charge in [0, 0.05) is 17.7 Å². The lowest BCUT2D eigenvalue weighted by Gasteiger charge is -2.38. The van der Waals surface area contributed by atoms with Crippen molar-refractivity contribution in [3.8, 4) is 0 Å². The van der Waals surface area contributed by atoms with E-state index in [9.17, 15) is 13.6 Å². The summed E-state index contributed by atoms with van der Waals surface area (Å²) >= 11 is 0. The van der Waals surface area contributed by atoms with E-state index in [2.05, 4.69) is 5.32 Å². The average Bonchev–Trinajstić information content (AvgIpc) is 2.66. The van der Waals surface area contributed by atoms with Crippen molar-refractivity contribution in [1.29, 1.82) is 0 Å². The van der Waals surface area contributed by atoms with Crippen LogP contribution in [0.15, 0.2) is 18.2 Å². The molecule has 0 bridgehead atoms. The first kappa shape index (κ1) is 14.4. The molecule has 114 valence electrons. The molecule has 0 radical (unpaired) electrons. The molecule has 3 rings (SSSR count). The minimum atomic E-state index is -0.603. The van der Waals surface area contributed by atoms with E-state index in [0.717, 1.165) is 25.3 Å². The van der Waals surface area contributed by atoms with Crippen LogP contribution in [-0.2, 0) is 4.79 Å². The number of halogens is 2. The second-order valence-corrected chi connectivity index (χ2v) is 6.29. The molecule has 21 heavy (non-hydrogen) atoms. The highest BCUT2D eigenvalue weighted by Crippen LogP contribution is 2.37. The van der Waals surface area contributed by atoms with Gasteiger partial charge in [-0.05, 0) is 37.3 Å². The summed E-state index contributed by atoms with van der Waals surface area (Å²) in [6.07, 6.45) is 2.52. The molecular formula is C16H20F2N2O. The fourth-order valence-corrected chi connectivity index (χ4v) is 3.11. The zero-order valence-electron chi connectivity index (χ0n) is 12.3. The molecule has 3 nitrogen and oxygen atoms in total. The number of hydrogen-bond acceptors (Lipinski definition) is 2. The molecule has 2 atom stereocenters. The summed E-state index contributed by atoms with van der Waals surface area (Å²) in [5, 5.41) is 3.23. The maximum Gasteiger partial charge on any atom is 0.241 e. The molecule has 1 aliphatic carbocycles. The van der Waals surface area contributed by atoms with Gasteiger partial charge in [0.1, 0.15) is 17.8 Å². The monoisotopic (exact) mass is 294 g/mol. The molecule has 1 saturated heterocycles. The lowest BCUT2D eigenvalue weighted by Crippen LogP contribution is -2.44. The molecule has 1 heterocycles. The smallest absolute Gasteiger partial charge is 0.241 e. The van der Waals surface area contributed by atoms with Crippen LogP contribution in [0.25, 0.3) is 0 Å². The van der Waals surface area contributed by atoms with Crippen LogP contribution in [0.5, 0.6) is 0 Å². The summed E-state index contributed by atoms with van der Waals surface area (Å²) in [6.45, 7) is 3.94. The van der Waals surface area contributed by atoms with Gasteiger partial charge < -0.3 is 4.90 Å². The molecule has 1 N–H and O–H groups in total. The van der Waals surface area contributed by atoms with Gasteiger partial charge in [0.05, 0.1) is 6.04 Å². The van der Waals surface area contributed by atoms with Crippen molar-refractivity contribution >= 4 is 5.91 Å². The van der Waals surface area contributed by atoms with E-state index >= 15 is 0 Å². The molecule has 0 aromatic heterocycles. The van der Waals surface area contributed by atoms with Crippen LogP contribution in [0, 0.1) is 17.6 Å². The summed E-state index contributed by atoms with van der Waals surface area (Å²) in [7, 11) is 0. The third-order valence-corrected chi connectivity index (χ3v) is 4.53. The first-order valence-electron chi connectivity index (χ1n) is 7.52. The van der Waals surface area contributed by atoms with Crippen LogP contribution < -0.4 is 5.32 Å². The van der Waals surface area contributed by atoms with E-state index in [4.69, 9.17) is 0 Å². The predicted molar refractivity (Wildman–Crippen MR) is 75.3 cm³/mol. The van der Waals surface area contributed by atoms with Crippen molar-refractivity contribution in [2.24, 2.45) is 5.92 Å². The largest absolute Gasteiger partial charge is 0.318 e. The summed E-state index contributed by atoms with van der Waals surface area (Å²) < 4.78 is 27.2. The molecule has 1 aromatic carbocycles. The number of rotatable bonds is 3. The van der Waals surface area contributed by atoms with E-state index in [0.29, 0.717) is 5.56 Å². The molecule has 2 fully saturated rings. The minimum absolute atomic E-state index is 0.0309. The Morgan fingerprint density at radius 3 is 2.52 bits per heavy atom. The average molecular weight is 294 g/mol. The molecule has 1 saturated carbocycles. The number of benzene rings is 1. The Morgan fingerprint density at radius 1 is 1.29 bits per heavy atom. The third kappa shape index (κ3) is 2.44. The first-order valence-corrected chi connectivity index (χ1v) is 7.52. The first-order chi connectivity index (χ1) is 9.99. The molecule has 1 amide bonds. The number of hydrogen-bond donors (Lipinski definition) is 1. The second-order valence-electron chi connectivity index (χ2n) is 6.29. The van der Waals surface area contributed by atoms with Crippen molar-refractivity contribution in [3.05, 3.63) is 35.4 Å². The van der Waals surface area contributed by atoms with E-state index in [-0.39, 0.29) is 23.9 Å². The molecular weight excluding hydrogens is 274 g/mol. The van der Waals surface area contributed by atoms with Crippen molar-refractivity contribution in [2.75, 3.05) is 0 Å². The zero-order valence-corrected chi connectivity index (χ0v) is 12.3. The van der Waals surface area contributed by atoms with Gasteiger partial charge in [-0.15, -0.1) is 0 Å².